The molecule has 4 aromatic rings. The molecule has 0 saturated heterocycles. The SMILES string of the molecule is Cn1cc(-c2ccc(CNC(=O)Cc3cn(C)c4ccccc34)cn2)cn1. The maximum atomic E-state index is 12.4. The summed E-state index contributed by atoms with van der Waals surface area (Å²) in [6.07, 6.45) is 7.89. The van der Waals surface area contributed by atoms with E-state index in [9.17, 15) is 4.79 Å². The maximum absolute atomic E-state index is 12.4. The van der Waals surface area contributed by atoms with Crippen molar-refractivity contribution in [2.24, 2.45) is 14.1 Å². The number of benzene rings is 1. The molecular weight excluding hydrogens is 338 g/mol. The Hall–Kier alpha value is -3.41. The molecule has 4 rings (SSSR count). The molecule has 1 amide bonds. The zero-order chi connectivity index (χ0) is 18.8. The van der Waals surface area contributed by atoms with Crippen molar-refractivity contribution in [1.82, 2.24) is 24.6 Å². The first-order chi connectivity index (χ1) is 13.1. The Morgan fingerprint density at radius 3 is 2.67 bits per heavy atom. The van der Waals surface area contributed by atoms with Crippen LogP contribution in [0.3, 0.4) is 0 Å². The van der Waals surface area contributed by atoms with Gasteiger partial charge in [-0.25, -0.2) is 0 Å². The number of rotatable bonds is 5. The molecule has 0 aliphatic carbocycles. The first-order valence-electron chi connectivity index (χ1n) is 8.84. The van der Waals surface area contributed by atoms with Gasteiger partial charge < -0.3 is 9.88 Å². The number of carbonyl (C=O) groups excluding carboxylic acids is 1. The molecule has 0 bridgehead atoms. The molecule has 0 aliphatic heterocycles. The van der Waals surface area contributed by atoms with Crippen molar-refractivity contribution in [3.8, 4) is 11.3 Å². The van der Waals surface area contributed by atoms with E-state index in [1.165, 1.54) is 0 Å². The highest BCUT2D eigenvalue weighted by Gasteiger charge is 2.10. The Morgan fingerprint density at radius 2 is 1.93 bits per heavy atom. The van der Waals surface area contributed by atoms with Gasteiger partial charge in [0, 0.05) is 55.7 Å². The summed E-state index contributed by atoms with van der Waals surface area (Å²) in [7, 11) is 3.88. The number of hydrogen-bond acceptors (Lipinski definition) is 3. The highest BCUT2D eigenvalue weighted by atomic mass is 16.1. The number of fused-ring (bicyclic) bond motifs is 1. The Kier molecular flexibility index (Phi) is 4.46. The van der Waals surface area contributed by atoms with Crippen molar-refractivity contribution >= 4 is 16.8 Å². The molecule has 0 saturated carbocycles. The molecular formula is C21H21N5O. The van der Waals surface area contributed by atoms with Gasteiger partial charge in [-0.2, -0.15) is 5.10 Å². The van der Waals surface area contributed by atoms with Gasteiger partial charge in [0.25, 0.3) is 0 Å². The number of hydrogen-bond donors (Lipinski definition) is 1. The average molecular weight is 359 g/mol. The first kappa shape index (κ1) is 17.0. The Bertz CT molecular complexity index is 1090. The maximum Gasteiger partial charge on any atom is 0.224 e. The smallest absolute Gasteiger partial charge is 0.224 e. The van der Waals surface area contributed by atoms with Crippen molar-refractivity contribution in [1.29, 1.82) is 0 Å². The lowest BCUT2D eigenvalue weighted by Crippen LogP contribution is -2.24. The number of carbonyl (C=O) groups is 1. The van der Waals surface area contributed by atoms with E-state index in [0.717, 1.165) is 33.3 Å². The summed E-state index contributed by atoms with van der Waals surface area (Å²) >= 11 is 0. The second-order valence-electron chi connectivity index (χ2n) is 6.69. The number of amides is 1. The van der Waals surface area contributed by atoms with E-state index < -0.39 is 0 Å². The summed E-state index contributed by atoms with van der Waals surface area (Å²) in [6.45, 7) is 0.462. The molecule has 0 aliphatic rings. The summed E-state index contributed by atoms with van der Waals surface area (Å²) in [6, 6.07) is 12.1. The molecule has 136 valence electrons. The fraction of sp³-hybridized carbons (Fsp3) is 0.190. The van der Waals surface area contributed by atoms with Crippen LogP contribution in [0.1, 0.15) is 11.1 Å². The minimum absolute atomic E-state index is 0.00249. The molecule has 0 atom stereocenters. The van der Waals surface area contributed by atoms with Gasteiger partial charge in [0.1, 0.15) is 0 Å². The lowest BCUT2D eigenvalue weighted by molar-refractivity contribution is -0.120. The normalized spacial score (nSPS) is 11.0. The molecule has 6 nitrogen and oxygen atoms in total. The summed E-state index contributed by atoms with van der Waals surface area (Å²) in [5.74, 6) is 0.00249. The van der Waals surface area contributed by atoms with E-state index in [-0.39, 0.29) is 5.91 Å². The molecule has 3 heterocycles. The number of aryl methyl sites for hydroxylation is 2. The predicted octanol–water partition coefficient (Wildman–Crippen LogP) is 2.83. The molecule has 1 aromatic carbocycles. The lowest BCUT2D eigenvalue weighted by atomic mass is 10.1. The fourth-order valence-corrected chi connectivity index (χ4v) is 3.26. The van der Waals surface area contributed by atoms with E-state index >= 15 is 0 Å². The second-order valence-corrected chi connectivity index (χ2v) is 6.69. The number of nitrogens with one attached hydrogen (secondary N) is 1. The third kappa shape index (κ3) is 3.60. The van der Waals surface area contributed by atoms with Crippen molar-refractivity contribution in [2.45, 2.75) is 13.0 Å². The van der Waals surface area contributed by atoms with Crippen LogP contribution in [0.15, 0.2) is 61.2 Å². The van der Waals surface area contributed by atoms with Crippen molar-refractivity contribution in [2.75, 3.05) is 0 Å². The van der Waals surface area contributed by atoms with Crippen LogP contribution in [-0.4, -0.2) is 25.2 Å². The van der Waals surface area contributed by atoms with Crippen LogP contribution in [0, 0.1) is 0 Å². The Morgan fingerprint density at radius 1 is 1.07 bits per heavy atom. The highest BCUT2D eigenvalue weighted by molar-refractivity contribution is 5.89. The van der Waals surface area contributed by atoms with Crippen LogP contribution < -0.4 is 5.32 Å². The topological polar surface area (TPSA) is 64.7 Å². The van der Waals surface area contributed by atoms with Gasteiger partial charge in [-0.1, -0.05) is 24.3 Å². The molecule has 0 spiro atoms. The number of pyridine rings is 1. The van der Waals surface area contributed by atoms with E-state index in [1.807, 2.05) is 50.8 Å². The van der Waals surface area contributed by atoms with Gasteiger partial charge >= 0.3 is 0 Å². The summed E-state index contributed by atoms with van der Waals surface area (Å²) in [5, 5.41) is 8.26. The third-order valence-electron chi connectivity index (χ3n) is 4.65. The number of para-hydroxylation sites is 1. The van der Waals surface area contributed by atoms with Gasteiger partial charge in [0.2, 0.25) is 5.91 Å². The van der Waals surface area contributed by atoms with Crippen LogP contribution in [-0.2, 0) is 31.9 Å². The zero-order valence-corrected chi connectivity index (χ0v) is 15.4. The first-order valence-corrected chi connectivity index (χ1v) is 8.84. The zero-order valence-electron chi connectivity index (χ0n) is 15.4. The van der Waals surface area contributed by atoms with Crippen molar-refractivity contribution in [3.63, 3.8) is 0 Å². The van der Waals surface area contributed by atoms with Crippen molar-refractivity contribution in [3.05, 3.63) is 72.3 Å². The van der Waals surface area contributed by atoms with Crippen LogP contribution in [0.25, 0.3) is 22.2 Å². The molecule has 0 radical (unpaired) electrons. The van der Waals surface area contributed by atoms with Crippen LogP contribution in [0.4, 0.5) is 0 Å². The molecule has 6 heteroatoms. The Labute approximate surface area is 157 Å². The summed E-state index contributed by atoms with van der Waals surface area (Å²) in [5.41, 5.74) is 4.98. The number of nitrogens with zero attached hydrogens (tertiary/aromatic N) is 4. The van der Waals surface area contributed by atoms with E-state index in [2.05, 4.69) is 32.1 Å². The quantitative estimate of drug-likeness (QED) is 0.596. The molecule has 27 heavy (non-hydrogen) atoms. The molecule has 0 fully saturated rings. The van der Waals surface area contributed by atoms with E-state index in [1.54, 1.807) is 17.1 Å². The molecule has 1 N–H and O–H groups in total. The van der Waals surface area contributed by atoms with E-state index in [4.69, 9.17) is 0 Å². The average Bonchev–Trinajstić information content (AvgIpc) is 3.25. The second kappa shape index (κ2) is 7.07. The highest BCUT2D eigenvalue weighted by Crippen LogP contribution is 2.20. The van der Waals surface area contributed by atoms with E-state index in [0.29, 0.717) is 13.0 Å². The predicted molar refractivity (Wildman–Crippen MR) is 105 cm³/mol. The number of aromatic nitrogens is 4. The van der Waals surface area contributed by atoms with Gasteiger partial charge in [0.15, 0.2) is 0 Å². The standard InChI is InChI=1S/C21H21N5O/c1-25-13-16(18-5-3-4-6-20(18)25)9-21(27)23-11-15-7-8-19(22-10-15)17-12-24-26(2)14-17/h3-8,10,12-14H,9,11H2,1-2H3,(H,23,27). The van der Waals surface area contributed by atoms with Crippen LogP contribution >= 0.6 is 0 Å². The molecule has 0 unspecified atom stereocenters. The monoisotopic (exact) mass is 359 g/mol. The minimum Gasteiger partial charge on any atom is -0.352 e. The van der Waals surface area contributed by atoms with Crippen LogP contribution in [0.5, 0.6) is 0 Å². The Balaban J connectivity index is 1.39. The fourth-order valence-electron chi connectivity index (χ4n) is 3.26. The van der Waals surface area contributed by atoms with Crippen molar-refractivity contribution < 1.29 is 4.79 Å². The van der Waals surface area contributed by atoms with Gasteiger partial charge in [-0.3, -0.25) is 14.5 Å². The van der Waals surface area contributed by atoms with Gasteiger partial charge in [-0.05, 0) is 23.3 Å². The largest absolute Gasteiger partial charge is 0.352 e. The summed E-state index contributed by atoms with van der Waals surface area (Å²) in [4.78, 5) is 16.8. The van der Waals surface area contributed by atoms with Crippen LogP contribution in [0.2, 0.25) is 0 Å². The summed E-state index contributed by atoms with van der Waals surface area (Å²) < 4.78 is 3.80. The minimum atomic E-state index is 0.00249. The third-order valence-corrected chi connectivity index (χ3v) is 4.65. The van der Waals surface area contributed by atoms with Gasteiger partial charge in [-0.15, -0.1) is 0 Å². The lowest BCUT2D eigenvalue weighted by Gasteiger charge is -2.05. The molecule has 3 aromatic heterocycles. The van der Waals surface area contributed by atoms with Gasteiger partial charge in [0.05, 0.1) is 18.3 Å².